The maximum atomic E-state index is 13.4. The number of nitrogens with two attached hydrogens (primary N) is 1. The van der Waals surface area contributed by atoms with E-state index in [1.54, 1.807) is 0 Å². The van der Waals surface area contributed by atoms with Crippen molar-refractivity contribution in [2.45, 2.75) is 25.8 Å². The fourth-order valence-corrected chi connectivity index (χ4v) is 1.54. The Labute approximate surface area is 104 Å². The van der Waals surface area contributed by atoms with Crippen molar-refractivity contribution in [1.82, 2.24) is 5.32 Å². The first kappa shape index (κ1) is 14.4. The molecule has 1 aromatic carbocycles. The Morgan fingerprint density at radius 2 is 2.11 bits per heavy atom. The highest BCUT2D eigenvalue weighted by Gasteiger charge is 2.17. The summed E-state index contributed by atoms with van der Waals surface area (Å²) in [6.07, 6.45) is 0.977. The number of amides is 1. The van der Waals surface area contributed by atoms with Crippen molar-refractivity contribution in [2.24, 2.45) is 0 Å². The molecule has 1 unspecified atom stereocenters. The summed E-state index contributed by atoms with van der Waals surface area (Å²) in [5.41, 5.74) is 4.71. The summed E-state index contributed by atoms with van der Waals surface area (Å²) < 4.78 is 26.4. The lowest BCUT2D eigenvalue weighted by molar-refractivity contribution is 0.0925. The number of hydrogen-bond acceptors (Lipinski definition) is 3. The van der Waals surface area contributed by atoms with Gasteiger partial charge in [0.1, 0.15) is 11.6 Å². The van der Waals surface area contributed by atoms with Crippen molar-refractivity contribution >= 4 is 11.6 Å². The molecule has 0 saturated heterocycles. The molecule has 1 rings (SSSR count). The van der Waals surface area contributed by atoms with Crippen LogP contribution in [-0.2, 0) is 0 Å². The van der Waals surface area contributed by atoms with Crippen LogP contribution in [0.5, 0.6) is 0 Å². The molecule has 0 aliphatic rings. The Kier molecular flexibility index (Phi) is 5.03. The van der Waals surface area contributed by atoms with E-state index in [1.807, 2.05) is 6.92 Å². The van der Waals surface area contributed by atoms with Crippen LogP contribution >= 0.6 is 0 Å². The van der Waals surface area contributed by atoms with Gasteiger partial charge in [0.15, 0.2) is 0 Å². The van der Waals surface area contributed by atoms with Crippen molar-refractivity contribution in [3.63, 3.8) is 0 Å². The number of anilines is 1. The van der Waals surface area contributed by atoms with Gasteiger partial charge in [0.05, 0.1) is 11.3 Å². The van der Waals surface area contributed by atoms with E-state index in [0.29, 0.717) is 18.9 Å². The quantitative estimate of drug-likeness (QED) is 0.699. The Morgan fingerprint density at radius 1 is 1.44 bits per heavy atom. The molecule has 0 aromatic heterocycles. The number of aliphatic hydroxyl groups is 1. The molecular weight excluding hydrogens is 242 g/mol. The van der Waals surface area contributed by atoms with E-state index in [9.17, 15) is 13.6 Å². The fraction of sp³-hybridized carbons (Fsp3) is 0.417. The van der Waals surface area contributed by atoms with E-state index < -0.39 is 17.5 Å². The molecule has 4 N–H and O–H groups in total. The molecule has 1 aromatic rings. The highest BCUT2D eigenvalue weighted by Crippen LogP contribution is 2.17. The van der Waals surface area contributed by atoms with Gasteiger partial charge in [-0.15, -0.1) is 0 Å². The van der Waals surface area contributed by atoms with Gasteiger partial charge in [-0.2, -0.15) is 0 Å². The second-order valence-corrected chi connectivity index (χ2v) is 3.94. The molecular formula is C12H16F2N2O2. The number of nitrogens with one attached hydrogen (secondary N) is 1. The van der Waals surface area contributed by atoms with Gasteiger partial charge >= 0.3 is 0 Å². The second kappa shape index (κ2) is 6.30. The highest BCUT2D eigenvalue weighted by atomic mass is 19.1. The lowest BCUT2D eigenvalue weighted by Gasteiger charge is -2.16. The van der Waals surface area contributed by atoms with Crippen LogP contribution in [0.2, 0.25) is 0 Å². The molecule has 1 amide bonds. The Balaban J connectivity index is 2.87. The smallest absolute Gasteiger partial charge is 0.254 e. The van der Waals surface area contributed by atoms with Crippen LogP contribution in [0.25, 0.3) is 0 Å². The minimum Gasteiger partial charge on any atom is -0.396 e. The maximum absolute atomic E-state index is 13.4. The number of aliphatic hydroxyl groups excluding tert-OH is 1. The van der Waals surface area contributed by atoms with Crippen molar-refractivity contribution in [2.75, 3.05) is 12.3 Å². The zero-order valence-corrected chi connectivity index (χ0v) is 10.0. The fourth-order valence-electron chi connectivity index (χ4n) is 1.54. The van der Waals surface area contributed by atoms with Gasteiger partial charge in [-0.3, -0.25) is 4.79 Å². The van der Waals surface area contributed by atoms with E-state index in [2.05, 4.69) is 5.32 Å². The molecule has 0 spiro atoms. The van der Waals surface area contributed by atoms with Crippen molar-refractivity contribution < 1.29 is 18.7 Å². The van der Waals surface area contributed by atoms with Crippen molar-refractivity contribution in [3.05, 3.63) is 29.3 Å². The zero-order chi connectivity index (χ0) is 13.7. The molecule has 4 nitrogen and oxygen atoms in total. The SMILES string of the molecule is CCC(CCO)NC(=O)c1cc(N)c(F)cc1F. The van der Waals surface area contributed by atoms with E-state index in [1.165, 1.54) is 0 Å². The molecule has 18 heavy (non-hydrogen) atoms. The Bertz CT molecular complexity index is 438. The lowest BCUT2D eigenvalue weighted by atomic mass is 10.1. The largest absolute Gasteiger partial charge is 0.396 e. The van der Waals surface area contributed by atoms with Gasteiger partial charge in [-0.1, -0.05) is 6.92 Å². The normalized spacial score (nSPS) is 12.2. The number of halogens is 2. The molecule has 0 heterocycles. The topological polar surface area (TPSA) is 75.3 Å². The summed E-state index contributed by atoms with van der Waals surface area (Å²) in [5, 5.41) is 11.3. The van der Waals surface area contributed by atoms with E-state index in [0.717, 1.165) is 6.07 Å². The third kappa shape index (κ3) is 3.40. The van der Waals surface area contributed by atoms with E-state index in [4.69, 9.17) is 10.8 Å². The Morgan fingerprint density at radius 3 is 2.67 bits per heavy atom. The summed E-state index contributed by atoms with van der Waals surface area (Å²) >= 11 is 0. The summed E-state index contributed by atoms with van der Waals surface area (Å²) in [4.78, 5) is 11.8. The number of carbonyl (C=O) groups excluding carboxylic acids is 1. The van der Waals surface area contributed by atoms with Gasteiger partial charge in [-0.05, 0) is 18.9 Å². The Hall–Kier alpha value is -1.69. The molecule has 0 saturated carbocycles. The standard InChI is InChI=1S/C12H16F2N2O2/c1-2-7(3-4-17)16-12(18)8-5-11(15)10(14)6-9(8)13/h5-7,17H,2-4,15H2,1H3,(H,16,18). The predicted octanol–water partition coefficient (Wildman–Crippen LogP) is 1.44. The minimum atomic E-state index is -0.960. The van der Waals surface area contributed by atoms with Crippen LogP contribution < -0.4 is 11.1 Å². The molecule has 0 aliphatic heterocycles. The van der Waals surface area contributed by atoms with Crippen LogP contribution in [0.3, 0.4) is 0 Å². The van der Waals surface area contributed by atoms with Crippen molar-refractivity contribution in [3.8, 4) is 0 Å². The van der Waals surface area contributed by atoms with Crippen LogP contribution in [-0.4, -0.2) is 23.7 Å². The number of rotatable bonds is 5. The first-order valence-electron chi connectivity index (χ1n) is 5.65. The van der Waals surface area contributed by atoms with Gasteiger partial charge < -0.3 is 16.2 Å². The van der Waals surface area contributed by atoms with Crippen LogP contribution in [0.1, 0.15) is 30.1 Å². The van der Waals surface area contributed by atoms with Gasteiger partial charge in [0.25, 0.3) is 5.91 Å². The van der Waals surface area contributed by atoms with Gasteiger partial charge in [0, 0.05) is 18.7 Å². The summed E-state index contributed by atoms with van der Waals surface area (Å²) in [6.45, 7) is 1.75. The number of benzene rings is 1. The molecule has 0 fully saturated rings. The second-order valence-electron chi connectivity index (χ2n) is 3.94. The van der Waals surface area contributed by atoms with Crippen LogP contribution in [0, 0.1) is 11.6 Å². The molecule has 1 atom stereocenters. The molecule has 0 bridgehead atoms. The third-order valence-corrected chi connectivity index (χ3v) is 2.64. The first-order valence-corrected chi connectivity index (χ1v) is 5.65. The summed E-state index contributed by atoms with van der Waals surface area (Å²) in [6, 6.07) is 1.29. The zero-order valence-electron chi connectivity index (χ0n) is 10.0. The molecule has 100 valence electrons. The number of carbonyl (C=O) groups is 1. The van der Waals surface area contributed by atoms with E-state index >= 15 is 0 Å². The highest BCUT2D eigenvalue weighted by molar-refractivity contribution is 5.95. The third-order valence-electron chi connectivity index (χ3n) is 2.64. The average molecular weight is 258 g/mol. The minimum absolute atomic E-state index is 0.0766. The van der Waals surface area contributed by atoms with E-state index in [-0.39, 0.29) is 23.9 Å². The predicted molar refractivity (Wildman–Crippen MR) is 64.0 cm³/mol. The first-order chi connectivity index (χ1) is 8.49. The summed E-state index contributed by atoms with van der Waals surface area (Å²) in [5.74, 6) is -2.52. The molecule has 0 aliphatic carbocycles. The van der Waals surface area contributed by atoms with Crippen molar-refractivity contribution in [1.29, 1.82) is 0 Å². The monoisotopic (exact) mass is 258 g/mol. The lowest BCUT2D eigenvalue weighted by Crippen LogP contribution is -2.35. The maximum Gasteiger partial charge on any atom is 0.254 e. The van der Waals surface area contributed by atoms with Gasteiger partial charge in [0.2, 0.25) is 0 Å². The number of hydrogen-bond donors (Lipinski definition) is 3. The van der Waals surface area contributed by atoms with Crippen LogP contribution in [0.15, 0.2) is 12.1 Å². The summed E-state index contributed by atoms with van der Waals surface area (Å²) in [7, 11) is 0. The van der Waals surface area contributed by atoms with Gasteiger partial charge in [-0.25, -0.2) is 8.78 Å². The molecule has 0 radical (unpaired) electrons. The molecule has 6 heteroatoms. The number of nitrogen functional groups attached to an aromatic ring is 1. The van der Waals surface area contributed by atoms with Crippen LogP contribution in [0.4, 0.5) is 14.5 Å². The average Bonchev–Trinajstić information content (AvgIpc) is 2.33.